The molecule has 0 atom stereocenters. The molecule has 0 radical (unpaired) electrons. The first-order valence-corrected chi connectivity index (χ1v) is 6.61. The van der Waals surface area contributed by atoms with Crippen molar-refractivity contribution in [3.63, 3.8) is 0 Å². The average molecular weight is 298 g/mol. The van der Waals surface area contributed by atoms with Gasteiger partial charge in [0.25, 0.3) is 0 Å². The Morgan fingerprint density at radius 1 is 0.722 bits per heavy atom. The summed E-state index contributed by atoms with van der Waals surface area (Å²) in [5.74, 6) is 0. The van der Waals surface area contributed by atoms with Crippen molar-refractivity contribution >= 4 is 15.9 Å². The molecule has 3 aromatic rings. The van der Waals surface area contributed by atoms with Crippen molar-refractivity contribution in [1.82, 2.24) is 4.57 Å². The number of hydrogen-bond donors (Lipinski definition) is 0. The van der Waals surface area contributed by atoms with Crippen LogP contribution in [0.2, 0.25) is 0 Å². The molecule has 0 aliphatic carbocycles. The highest BCUT2D eigenvalue weighted by Gasteiger charge is 1.99. The van der Waals surface area contributed by atoms with Gasteiger partial charge < -0.3 is 4.57 Å². The third kappa shape index (κ3) is 2.24. The Hall–Kier alpha value is -1.80. The van der Waals surface area contributed by atoms with E-state index in [1.54, 1.807) is 0 Å². The van der Waals surface area contributed by atoms with Gasteiger partial charge in [-0.15, -0.1) is 0 Å². The molecule has 1 nitrogen and oxygen atoms in total. The molecule has 0 N–H and O–H groups in total. The first kappa shape index (κ1) is 11.3. The molecule has 0 spiro atoms. The van der Waals surface area contributed by atoms with E-state index in [1.807, 2.05) is 18.3 Å². The van der Waals surface area contributed by atoms with Crippen molar-refractivity contribution in [2.75, 3.05) is 0 Å². The standard InChI is InChI=1S/C16H12BrN/c17-15-10-11-18(12-15)16-8-6-14(7-9-16)13-4-2-1-3-5-13/h1-12H. The van der Waals surface area contributed by atoms with Gasteiger partial charge >= 0.3 is 0 Å². The van der Waals surface area contributed by atoms with Crippen molar-refractivity contribution < 1.29 is 0 Å². The zero-order valence-corrected chi connectivity index (χ0v) is 11.3. The van der Waals surface area contributed by atoms with Crippen LogP contribution in [-0.2, 0) is 0 Å². The fourth-order valence-electron chi connectivity index (χ4n) is 1.99. The summed E-state index contributed by atoms with van der Waals surface area (Å²) in [6.45, 7) is 0. The minimum absolute atomic E-state index is 1.09. The van der Waals surface area contributed by atoms with E-state index in [4.69, 9.17) is 0 Å². The smallest absolute Gasteiger partial charge is 0.0450 e. The van der Waals surface area contributed by atoms with Crippen LogP contribution in [0.15, 0.2) is 77.5 Å². The van der Waals surface area contributed by atoms with Gasteiger partial charge in [0, 0.05) is 22.6 Å². The lowest BCUT2D eigenvalue weighted by Crippen LogP contribution is -1.88. The lowest BCUT2D eigenvalue weighted by molar-refractivity contribution is 1.08. The Morgan fingerprint density at radius 2 is 1.39 bits per heavy atom. The lowest BCUT2D eigenvalue weighted by atomic mass is 10.1. The molecule has 0 saturated carbocycles. The largest absolute Gasteiger partial charge is 0.323 e. The highest BCUT2D eigenvalue weighted by Crippen LogP contribution is 2.21. The van der Waals surface area contributed by atoms with Crippen LogP contribution in [0, 0.1) is 0 Å². The zero-order chi connectivity index (χ0) is 12.4. The molecule has 3 rings (SSSR count). The van der Waals surface area contributed by atoms with Gasteiger partial charge in [0.05, 0.1) is 0 Å². The zero-order valence-electron chi connectivity index (χ0n) is 9.75. The molecule has 1 aromatic heterocycles. The topological polar surface area (TPSA) is 4.93 Å². The summed E-state index contributed by atoms with van der Waals surface area (Å²) in [5.41, 5.74) is 3.66. The molecule has 1 heterocycles. The van der Waals surface area contributed by atoms with Gasteiger partial charge in [-0.1, -0.05) is 42.5 Å². The first-order chi connectivity index (χ1) is 8.83. The third-order valence-corrected chi connectivity index (χ3v) is 3.40. The fourth-order valence-corrected chi connectivity index (χ4v) is 2.33. The summed E-state index contributed by atoms with van der Waals surface area (Å²) in [6.07, 6.45) is 4.10. The Morgan fingerprint density at radius 3 is 2.00 bits per heavy atom. The van der Waals surface area contributed by atoms with Crippen LogP contribution in [0.1, 0.15) is 0 Å². The minimum atomic E-state index is 1.09. The van der Waals surface area contributed by atoms with Crippen molar-refractivity contribution in [1.29, 1.82) is 0 Å². The molecule has 2 aromatic carbocycles. The van der Waals surface area contributed by atoms with Crippen LogP contribution in [-0.4, -0.2) is 4.57 Å². The fraction of sp³-hybridized carbons (Fsp3) is 0. The van der Waals surface area contributed by atoms with Gasteiger partial charge in [-0.3, -0.25) is 0 Å². The monoisotopic (exact) mass is 297 g/mol. The van der Waals surface area contributed by atoms with E-state index in [1.165, 1.54) is 16.8 Å². The predicted octanol–water partition coefficient (Wildman–Crippen LogP) is 4.91. The molecule has 0 aliphatic heterocycles. The maximum atomic E-state index is 3.46. The highest BCUT2D eigenvalue weighted by molar-refractivity contribution is 9.10. The van der Waals surface area contributed by atoms with Crippen molar-refractivity contribution in [2.45, 2.75) is 0 Å². The van der Waals surface area contributed by atoms with Crippen molar-refractivity contribution in [3.05, 3.63) is 77.5 Å². The van der Waals surface area contributed by atoms with Crippen LogP contribution in [0.3, 0.4) is 0 Å². The van der Waals surface area contributed by atoms with Crippen LogP contribution < -0.4 is 0 Å². The van der Waals surface area contributed by atoms with E-state index >= 15 is 0 Å². The summed E-state index contributed by atoms with van der Waals surface area (Å²) in [6, 6.07) is 21.0. The molecule has 0 unspecified atom stereocenters. The number of halogens is 1. The van der Waals surface area contributed by atoms with Crippen LogP contribution in [0.25, 0.3) is 16.8 Å². The minimum Gasteiger partial charge on any atom is -0.323 e. The molecule has 0 bridgehead atoms. The molecular weight excluding hydrogens is 286 g/mol. The van der Waals surface area contributed by atoms with Gasteiger partial charge in [-0.05, 0) is 45.3 Å². The van der Waals surface area contributed by atoms with Crippen LogP contribution >= 0.6 is 15.9 Å². The van der Waals surface area contributed by atoms with E-state index in [0.29, 0.717) is 0 Å². The van der Waals surface area contributed by atoms with Crippen LogP contribution in [0.4, 0.5) is 0 Å². The number of nitrogens with zero attached hydrogens (tertiary/aromatic N) is 1. The van der Waals surface area contributed by atoms with E-state index in [-0.39, 0.29) is 0 Å². The summed E-state index contributed by atoms with van der Waals surface area (Å²) >= 11 is 3.46. The number of aromatic nitrogens is 1. The molecule has 88 valence electrons. The van der Waals surface area contributed by atoms with E-state index in [9.17, 15) is 0 Å². The summed E-state index contributed by atoms with van der Waals surface area (Å²) in [7, 11) is 0. The molecule has 18 heavy (non-hydrogen) atoms. The molecular formula is C16H12BrN. The average Bonchev–Trinajstić information content (AvgIpc) is 2.87. The van der Waals surface area contributed by atoms with E-state index in [2.05, 4.69) is 75.2 Å². The Labute approximate surface area is 115 Å². The number of rotatable bonds is 2. The number of hydrogen-bond acceptors (Lipinski definition) is 0. The molecule has 0 saturated heterocycles. The maximum absolute atomic E-state index is 3.46. The van der Waals surface area contributed by atoms with Crippen molar-refractivity contribution in [3.8, 4) is 16.8 Å². The van der Waals surface area contributed by atoms with Gasteiger partial charge in [-0.2, -0.15) is 0 Å². The third-order valence-electron chi connectivity index (χ3n) is 2.93. The Kier molecular flexibility index (Phi) is 3.03. The van der Waals surface area contributed by atoms with Crippen molar-refractivity contribution in [2.24, 2.45) is 0 Å². The van der Waals surface area contributed by atoms with E-state index in [0.717, 1.165) is 4.47 Å². The molecule has 0 amide bonds. The Balaban J connectivity index is 1.94. The second-order valence-corrected chi connectivity index (χ2v) is 5.07. The van der Waals surface area contributed by atoms with Crippen LogP contribution in [0.5, 0.6) is 0 Å². The number of benzene rings is 2. The molecule has 0 fully saturated rings. The normalized spacial score (nSPS) is 10.5. The second-order valence-electron chi connectivity index (χ2n) is 4.15. The molecule has 2 heteroatoms. The van der Waals surface area contributed by atoms with Gasteiger partial charge in [0.15, 0.2) is 0 Å². The SMILES string of the molecule is Brc1ccn(-c2ccc(-c3ccccc3)cc2)c1. The molecule has 0 aliphatic rings. The summed E-state index contributed by atoms with van der Waals surface area (Å²) in [4.78, 5) is 0. The van der Waals surface area contributed by atoms with Gasteiger partial charge in [-0.25, -0.2) is 0 Å². The summed E-state index contributed by atoms with van der Waals surface area (Å²) in [5, 5.41) is 0. The first-order valence-electron chi connectivity index (χ1n) is 5.82. The van der Waals surface area contributed by atoms with Gasteiger partial charge in [0.2, 0.25) is 0 Å². The highest BCUT2D eigenvalue weighted by atomic mass is 79.9. The second kappa shape index (κ2) is 4.83. The summed E-state index contributed by atoms with van der Waals surface area (Å²) < 4.78 is 3.19. The predicted molar refractivity (Wildman–Crippen MR) is 78.9 cm³/mol. The van der Waals surface area contributed by atoms with E-state index < -0.39 is 0 Å². The quantitative estimate of drug-likeness (QED) is 0.633. The maximum Gasteiger partial charge on any atom is 0.0450 e. The Bertz CT molecular complexity index is 638. The lowest BCUT2D eigenvalue weighted by Gasteiger charge is -2.05. The van der Waals surface area contributed by atoms with Gasteiger partial charge in [0.1, 0.15) is 0 Å².